The smallest absolute Gasteiger partial charge is 0.424 e. The molecule has 24 heavy (non-hydrogen) atoms. The first-order valence-electron chi connectivity index (χ1n) is 7.12. The Morgan fingerprint density at radius 2 is 1.46 bits per heavy atom. The van der Waals surface area contributed by atoms with Crippen molar-refractivity contribution in [2.75, 3.05) is 4.90 Å². The van der Waals surface area contributed by atoms with Crippen molar-refractivity contribution in [3.05, 3.63) is 26.0 Å². The summed E-state index contributed by atoms with van der Waals surface area (Å²) in [5, 5.41) is 0. The minimum Gasteiger partial charge on any atom is -0.443 e. The minimum absolute atomic E-state index is 0.0472. The second-order valence-electron chi connectivity index (χ2n) is 7.02. The molecule has 0 spiro atoms. The normalized spacial score (nSPS) is 11.9. The number of imide groups is 1. The maximum absolute atomic E-state index is 13.8. The molecule has 0 bridgehead atoms. The third-order valence-corrected chi connectivity index (χ3v) is 4.87. The molecule has 1 aromatic rings. The van der Waals surface area contributed by atoms with Crippen LogP contribution in [0.25, 0.3) is 0 Å². The zero-order chi connectivity index (χ0) is 18.9. The van der Waals surface area contributed by atoms with E-state index in [0.717, 1.165) is 6.07 Å². The summed E-state index contributed by atoms with van der Waals surface area (Å²) in [5.41, 5.74) is -1.60. The van der Waals surface area contributed by atoms with E-state index < -0.39 is 29.2 Å². The number of nitrogens with zero attached hydrogens (tertiary/aromatic N) is 1. The summed E-state index contributed by atoms with van der Waals surface area (Å²) in [6, 6.07) is 2.33. The molecule has 0 aliphatic rings. The lowest BCUT2D eigenvalue weighted by Gasteiger charge is -2.29. The molecule has 0 unspecified atom stereocenters. The van der Waals surface area contributed by atoms with Gasteiger partial charge >= 0.3 is 12.2 Å². The molecule has 0 aliphatic carbocycles. The number of rotatable bonds is 1. The van der Waals surface area contributed by atoms with Crippen LogP contribution in [0.15, 0.2) is 16.6 Å². The van der Waals surface area contributed by atoms with Crippen molar-refractivity contribution in [2.45, 2.75) is 52.7 Å². The van der Waals surface area contributed by atoms with Gasteiger partial charge in [-0.2, -0.15) is 4.90 Å². The zero-order valence-electron chi connectivity index (χ0n) is 14.4. The molecule has 0 aliphatic heterocycles. The SMILES string of the molecule is CC(C)(C)OC(=O)N(C(=O)OC(C)(C)C)c1cc(F)cc(Br)c1I. The van der Waals surface area contributed by atoms with Crippen LogP contribution in [0.1, 0.15) is 41.5 Å². The Labute approximate surface area is 163 Å². The summed E-state index contributed by atoms with van der Waals surface area (Å²) in [6.45, 7) is 10.0. The number of benzene rings is 1. The van der Waals surface area contributed by atoms with Gasteiger partial charge in [-0.3, -0.25) is 0 Å². The van der Waals surface area contributed by atoms with Crippen molar-refractivity contribution in [1.82, 2.24) is 0 Å². The fourth-order valence-corrected chi connectivity index (χ4v) is 2.57. The lowest BCUT2D eigenvalue weighted by Crippen LogP contribution is -2.44. The molecule has 0 radical (unpaired) electrons. The number of hydrogen-bond acceptors (Lipinski definition) is 4. The van der Waals surface area contributed by atoms with E-state index in [2.05, 4.69) is 15.9 Å². The van der Waals surface area contributed by atoms with Crippen LogP contribution in [0.4, 0.5) is 19.7 Å². The van der Waals surface area contributed by atoms with Crippen LogP contribution in [-0.4, -0.2) is 23.4 Å². The summed E-state index contributed by atoms with van der Waals surface area (Å²) in [7, 11) is 0. The van der Waals surface area contributed by atoms with E-state index in [4.69, 9.17) is 9.47 Å². The molecule has 2 amide bonds. The first-order valence-corrected chi connectivity index (χ1v) is 8.99. The number of anilines is 1. The number of halogens is 3. The third kappa shape index (κ3) is 6.19. The van der Waals surface area contributed by atoms with Crippen LogP contribution in [-0.2, 0) is 9.47 Å². The largest absolute Gasteiger partial charge is 0.443 e. The molecule has 5 nitrogen and oxygen atoms in total. The number of hydrogen-bond donors (Lipinski definition) is 0. The standard InChI is InChI=1S/C16H20BrFINO4/c1-15(2,3)23-13(21)20(14(22)24-16(4,5)6)11-8-9(18)7-10(17)12(11)19/h7-8H,1-6H3. The summed E-state index contributed by atoms with van der Waals surface area (Å²) >= 11 is 5.12. The second-order valence-corrected chi connectivity index (χ2v) is 8.95. The molecule has 0 aromatic heterocycles. The Hall–Kier alpha value is -0.900. The quantitative estimate of drug-likeness (QED) is 0.346. The van der Waals surface area contributed by atoms with Crippen molar-refractivity contribution < 1.29 is 23.5 Å². The number of amides is 2. The van der Waals surface area contributed by atoms with Gasteiger partial charge in [0.25, 0.3) is 0 Å². The zero-order valence-corrected chi connectivity index (χ0v) is 18.1. The number of carbonyl (C=O) groups is 2. The van der Waals surface area contributed by atoms with Crippen molar-refractivity contribution in [3.63, 3.8) is 0 Å². The van der Waals surface area contributed by atoms with E-state index in [1.807, 2.05) is 22.6 Å². The van der Waals surface area contributed by atoms with Crippen molar-refractivity contribution in [3.8, 4) is 0 Å². The van der Waals surface area contributed by atoms with E-state index in [-0.39, 0.29) is 5.69 Å². The lowest BCUT2D eigenvalue weighted by atomic mass is 10.2. The van der Waals surface area contributed by atoms with Crippen LogP contribution in [0.3, 0.4) is 0 Å². The van der Waals surface area contributed by atoms with E-state index in [9.17, 15) is 14.0 Å². The van der Waals surface area contributed by atoms with Crippen LogP contribution < -0.4 is 4.90 Å². The van der Waals surface area contributed by atoms with Crippen LogP contribution in [0, 0.1) is 9.39 Å². The molecule has 0 fully saturated rings. The molecule has 8 heteroatoms. The highest BCUT2D eigenvalue weighted by atomic mass is 127. The number of carbonyl (C=O) groups excluding carboxylic acids is 2. The van der Waals surface area contributed by atoms with Gasteiger partial charge in [-0.1, -0.05) is 0 Å². The Morgan fingerprint density at radius 3 is 1.83 bits per heavy atom. The average molecular weight is 516 g/mol. The van der Waals surface area contributed by atoms with Gasteiger partial charge in [-0.25, -0.2) is 14.0 Å². The Kier molecular flexibility index (Phi) is 6.65. The van der Waals surface area contributed by atoms with Gasteiger partial charge < -0.3 is 9.47 Å². The molecule has 1 aromatic carbocycles. The van der Waals surface area contributed by atoms with Gasteiger partial charge in [0.05, 0.1) is 9.26 Å². The molecule has 0 saturated carbocycles. The fourth-order valence-electron chi connectivity index (χ4n) is 1.59. The molecular formula is C16H20BrFINO4. The van der Waals surface area contributed by atoms with Gasteiger partial charge in [-0.15, -0.1) is 0 Å². The predicted octanol–water partition coefficient (Wildman–Crippen LogP) is 5.87. The van der Waals surface area contributed by atoms with Gasteiger partial charge in [0.15, 0.2) is 0 Å². The summed E-state index contributed by atoms with van der Waals surface area (Å²) in [4.78, 5) is 25.7. The highest BCUT2D eigenvalue weighted by Crippen LogP contribution is 2.32. The molecular weight excluding hydrogens is 496 g/mol. The maximum Gasteiger partial charge on any atom is 0.424 e. The second kappa shape index (κ2) is 7.55. The monoisotopic (exact) mass is 515 g/mol. The van der Waals surface area contributed by atoms with Gasteiger partial charge in [0.2, 0.25) is 0 Å². The Balaban J connectivity index is 3.39. The van der Waals surface area contributed by atoms with Crippen LogP contribution in [0.2, 0.25) is 0 Å². The molecule has 0 saturated heterocycles. The molecule has 1 rings (SSSR count). The highest BCUT2D eigenvalue weighted by Gasteiger charge is 2.34. The van der Waals surface area contributed by atoms with Crippen LogP contribution in [0.5, 0.6) is 0 Å². The van der Waals surface area contributed by atoms with Crippen molar-refractivity contribution in [2.24, 2.45) is 0 Å². The molecule has 0 heterocycles. The average Bonchev–Trinajstić information content (AvgIpc) is 2.30. The first-order chi connectivity index (χ1) is 10.7. The summed E-state index contributed by atoms with van der Waals surface area (Å²) in [6.07, 6.45) is -1.88. The van der Waals surface area contributed by atoms with Gasteiger partial charge in [0, 0.05) is 4.47 Å². The maximum atomic E-state index is 13.8. The van der Waals surface area contributed by atoms with Gasteiger partial charge in [0.1, 0.15) is 17.0 Å². The molecule has 0 atom stereocenters. The number of ether oxygens (including phenoxy) is 2. The Morgan fingerprint density at radius 1 is 1.04 bits per heavy atom. The van der Waals surface area contributed by atoms with E-state index in [1.165, 1.54) is 6.07 Å². The predicted molar refractivity (Wildman–Crippen MR) is 102 cm³/mol. The van der Waals surface area contributed by atoms with Gasteiger partial charge in [-0.05, 0) is 92.2 Å². The van der Waals surface area contributed by atoms with Crippen molar-refractivity contribution in [1.29, 1.82) is 0 Å². The third-order valence-electron chi connectivity index (χ3n) is 2.37. The molecule has 0 N–H and O–H groups in total. The lowest BCUT2D eigenvalue weighted by molar-refractivity contribution is 0.0430. The van der Waals surface area contributed by atoms with E-state index >= 15 is 0 Å². The summed E-state index contributed by atoms with van der Waals surface area (Å²) in [5.74, 6) is -0.602. The van der Waals surface area contributed by atoms with Crippen LogP contribution >= 0.6 is 38.5 Å². The van der Waals surface area contributed by atoms with Crippen molar-refractivity contribution >= 4 is 56.4 Å². The van der Waals surface area contributed by atoms with E-state index in [0.29, 0.717) is 12.9 Å². The summed E-state index contributed by atoms with van der Waals surface area (Å²) < 4.78 is 25.2. The Bertz CT molecular complexity index is 625. The minimum atomic E-state index is -0.938. The highest BCUT2D eigenvalue weighted by molar-refractivity contribution is 14.1. The first kappa shape index (κ1) is 21.1. The van der Waals surface area contributed by atoms with E-state index in [1.54, 1.807) is 41.5 Å². The fraction of sp³-hybridized carbons (Fsp3) is 0.500. The molecule has 134 valence electrons. The topological polar surface area (TPSA) is 55.8 Å².